The van der Waals surface area contributed by atoms with Gasteiger partial charge in [-0.15, -0.1) is 0 Å². The minimum absolute atomic E-state index is 0.153. The number of hydrogen-bond acceptors (Lipinski definition) is 5. The maximum atomic E-state index is 12.1. The highest BCUT2D eigenvalue weighted by Crippen LogP contribution is 2.41. The molecule has 7 nitrogen and oxygen atoms in total. The Labute approximate surface area is 176 Å². The summed E-state index contributed by atoms with van der Waals surface area (Å²) in [7, 11) is 1.73. The molecule has 3 N–H and O–H groups in total. The lowest BCUT2D eigenvalue weighted by molar-refractivity contribution is -0.123. The van der Waals surface area contributed by atoms with Gasteiger partial charge in [0.2, 0.25) is 5.91 Å². The van der Waals surface area contributed by atoms with E-state index in [1.807, 2.05) is 18.6 Å². The molecule has 2 fully saturated rings. The molecule has 7 heteroatoms. The number of likely N-dealkylation sites (tertiary alicyclic amines) is 1. The van der Waals surface area contributed by atoms with Crippen molar-refractivity contribution < 1.29 is 9.53 Å². The smallest absolute Gasteiger partial charge is 0.234 e. The molecule has 1 amide bonds. The fourth-order valence-electron chi connectivity index (χ4n) is 5.73. The highest BCUT2D eigenvalue weighted by atomic mass is 16.5. The molecule has 0 spiro atoms. The Balaban J connectivity index is 1.36. The summed E-state index contributed by atoms with van der Waals surface area (Å²) in [5, 5.41) is 2.37. The Kier molecular flexibility index (Phi) is 5.16. The number of nitrogens with two attached hydrogens (primary N) is 1. The van der Waals surface area contributed by atoms with E-state index in [0.717, 1.165) is 55.2 Å². The fraction of sp³-hybridized carbons (Fsp3) is 0.522. The van der Waals surface area contributed by atoms with Crippen molar-refractivity contribution in [3.8, 4) is 0 Å². The second kappa shape index (κ2) is 7.96. The van der Waals surface area contributed by atoms with E-state index in [4.69, 9.17) is 10.5 Å². The predicted octanol–water partition coefficient (Wildman–Crippen LogP) is 2.96. The zero-order valence-corrected chi connectivity index (χ0v) is 17.4. The summed E-state index contributed by atoms with van der Waals surface area (Å²) < 4.78 is 5.34. The summed E-state index contributed by atoms with van der Waals surface area (Å²) in [5.74, 6) is 0.701. The molecule has 2 atom stereocenters. The van der Waals surface area contributed by atoms with Crippen molar-refractivity contribution in [3.63, 3.8) is 0 Å². The Morgan fingerprint density at radius 3 is 2.87 bits per heavy atom. The van der Waals surface area contributed by atoms with Gasteiger partial charge >= 0.3 is 0 Å². The number of H-pyrrole nitrogens is 1. The number of nitrogens with one attached hydrogen (secondary N) is 1. The quantitative estimate of drug-likeness (QED) is 0.678. The van der Waals surface area contributed by atoms with Crippen molar-refractivity contribution in [2.75, 3.05) is 20.3 Å². The van der Waals surface area contributed by atoms with Crippen LogP contribution in [0.15, 0.2) is 30.7 Å². The van der Waals surface area contributed by atoms with Gasteiger partial charge in [0, 0.05) is 42.9 Å². The predicted molar refractivity (Wildman–Crippen MR) is 116 cm³/mol. The van der Waals surface area contributed by atoms with Crippen LogP contribution < -0.4 is 5.73 Å². The summed E-state index contributed by atoms with van der Waals surface area (Å²) in [5.41, 5.74) is 8.99. The van der Waals surface area contributed by atoms with Crippen molar-refractivity contribution >= 4 is 27.8 Å². The summed E-state index contributed by atoms with van der Waals surface area (Å²) in [6, 6.07) is 4.55. The summed E-state index contributed by atoms with van der Waals surface area (Å²) >= 11 is 0. The van der Waals surface area contributed by atoms with E-state index in [2.05, 4.69) is 32.0 Å². The monoisotopic (exact) mass is 407 g/mol. The fourth-order valence-corrected chi connectivity index (χ4v) is 5.73. The molecular weight excluding hydrogens is 378 g/mol. The van der Waals surface area contributed by atoms with E-state index in [1.54, 1.807) is 7.11 Å². The molecule has 2 aliphatic rings. The third-order valence-electron chi connectivity index (χ3n) is 7.09. The lowest BCUT2D eigenvalue weighted by Crippen LogP contribution is -2.47. The number of fused-ring (bicyclic) bond motifs is 3. The number of rotatable bonds is 5. The van der Waals surface area contributed by atoms with Gasteiger partial charge in [0.15, 0.2) is 5.65 Å². The Bertz CT molecular complexity index is 1060. The molecule has 1 saturated carbocycles. The van der Waals surface area contributed by atoms with Crippen LogP contribution in [-0.2, 0) is 9.53 Å². The highest BCUT2D eigenvalue weighted by Gasteiger charge is 2.40. The van der Waals surface area contributed by atoms with Crippen molar-refractivity contribution in [3.05, 3.63) is 36.3 Å². The molecule has 30 heavy (non-hydrogen) atoms. The summed E-state index contributed by atoms with van der Waals surface area (Å²) in [6.45, 7) is 1.60. The Morgan fingerprint density at radius 1 is 1.27 bits per heavy atom. The van der Waals surface area contributed by atoms with E-state index in [1.165, 1.54) is 10.9 Å². The molecule has 3 aromatic rings. The minimum atomic E-state index is -0.195. The standard InChI is InChI=1S/C23H29N5O2/c1-30-13-14-10-20(22(24)29)28(12-14)16-4-2-15(3-5-16)17-6-8-25-19-11-27-23-18(21(17)19)7-9-26-23/h6-9,11,14-16,20,25H,2-5,10,12-13H2,1H3,(H2,24,29). The normalized spacial score (nSPS) is 27.8. The number of carbonyl (C=O) groups excluding carboxylic acids is 1. The second-order valence-corrected chi connectivity index (χ2v) is 8.84. The average molecular weight is 408 g/mol. The van der Waals surface area contributed by atoms with Crippen molar-refractivity contribution in [2.45, 2.75) is 50.1 Å². The number of ether oxygens (including phenoxy) is 1. The van der Waals surface area contributed by atoms with Gasteiger partial charge in [-0.05, 0) is 61.6 Å². The first-order valence-corrected chi connectivity index (χ1v) is 10.9. The molecular formula is C23H29N5O2. The van der Waals surface area contributed by atoms with Crippen LogP contribution in [0.2, 0.25) is 0 Å². The highest BCUT2D eigenvalue weighted by molar-refractivity contribution is 6.05. The van der Waals surface area contributed by atoms with Gasteiger partial charge in [0.25, 0.3) is 0 Å². The molecule has 3 aromatic heterocycles. The number of nitrogens with zero attached hydrogens (tertiary/aromatic N) is 3. The van der Waals surface area contributed by atoms with Gasteiger partial charge in [-0.2, -0.15) is 0 Å². The van der Waals surface area contributed by atoms with Gasteiger partial charge in [-0.3, -0.25) is 9.69 Å². The molecule has 5 rings (SSSR count). The maximum absolute atomic E-state index is 12.1. The maximum Gasteiger partial charge on any atom is 0.234 e. The largest absolute Gasteiger partial charge is 0.384 e. The SMILES string of the molecule is COCC1CC(C(N)=O)N(C2CCC(c3cc[nH]c4cnc5nccc5c34)CC2)C1. The molecule has 1 aliphatic carbocycles. The number of carbonyl (C=O) groups is 1. The van der Waals surface area contributed by atoms with Crippen LogP contribution >= 0.6 is 0 Å². The third-order valence-corrected chi connectivity index (χ3v) is 7.09. The molecule has 2 unspecified atom stereocenters. The van der Waals surface area contributed by atoms with Crippen LogP contribution in [0.5, 0.6) is 0 Å². The van der Waals surface area contributed by atoms with Crippen LogP contribution in [0.4, 0.5) is 0 Å². The average Bonchev–Trinajstić information content (AvgIpc) is 3.41. The Morgan fingerprint density at radius 2 is 2.10 bits per heavy atom. The van der Waals surface area contributed by atoms with Gasteiger partial charge in [0.05, 0.1) is 24.4 Å². The Hall–Kier alpha value is -2.51. The van der Waals surface area contributed by atoms with Gasteiger partial charge in [-0.25, -0.2) is 9.97 Å². The van der Waals surface area contributed by atoms with Crippen molar-refractivity contribution in [2.24, 2.45) is 11.7 Å². The minimum Gasteiger partial charge on any atom is -0.384 e. The number of amides is 1. The first-order chi connectivity index (χ1) is 14.7. The number of primary amides is 1. The van der Waals surface area contributed by atoms with Crippen LogP contribution in [-0.4, -0.2) is 58.1 Å². The van der Waals surface area contributed by atoms with E-state index < -0.39 is 0 Å². The number of hydrogen-bond donors (Lipinski definition) is 2. The van der Waals surface area contributed by atoms with Gasteiger partial charge in [-0.1, -0.05) is 0 Å². The van der Waals surface area contributed by atoms with E-state index in [-0.39, 0.29) is 11.9 Å². The van der Waals surface area contributed by atoms with Crippen LogP contribution in [0.25, 0.3) is 21.9 Å². The van der Waals surface area contributed by atoms with Crippen LogP contribution in [0.1, 0.15) is 43.6 Å². The number of aromatic nitrogens is 3. The number of methoxy groups -OCH3 is 1. The van der Waals surface area contributed by atoms with Crippen LogP contribution in [0, 0.1) is 5.92 Å². The van der Waals surface area contributed by atoms with Crippen molar-refractivity contribution in [1.29, 1.82) is 0 Å². The van der Waals surface area contributed by atoms with Crippen molar-refractivity contribution in [1.82, 2.24) is 19.9 Å². The zero-order valence-electron chi connectivity index (χ0n) is 17.4. The molecule has 4 heterocycles. The molecule has 0 bridgehead atoms. The number of pyridine rings is 2. The first-order valence-electron chi connectivity index (χ1n) is 10.9. The molecule has 158 valence electrons. The molecule has 1 saturated heterocycles. The number of aromatic amines is 1. The zero-order chi connectivity index (χ0) is 20.7. The van der Waals surface area contributed by atoms with Gasteiger partial charge in [0.1, 0.15) is 0 Å². The second-order valence-electron chi connectivity index (χ2n) is 8.84. The van der Waals surface area contributed by atoms with E-state index in [9.17, 15) is 4.79 Å². The van der Waals surface area contributed by atoms with E-state index in [0.29, 0.717) is 24.5 Å². The van der Waals surface area contributed by atoms with Gasteiger partial charge < -0.3 is 15.5 Å². The molecule has 0 aromatic carbocycles. The van der Waals surface area contributed by atoms with Crippen LogP contribution in [0.3, 0.4) is 0 Å². The first kappa shape index (κ1) is 19.5. The lowest BCUT2D eigenvalue weighted by Gasteiger charge is -2.37. The molecule has 1 aliphatic heterocycles. The molecule has 0 radical (unpaired) electrons. The summed E-state index contributed by atoms with van der Waals surface area (Å²) in [4.78, 5) is 26.6. The third kappa shape index (κ3) is 3.36. The topological polar surface area (TPSA) is 97.1 Å². The lowest BCUT2D eigenvalue weighted by atomic mass is 9.80. The van der Waals surface area contributed by atoms with E-state index >= 15 is 0 Å². The summed E-state index contributed by atoms with van der Waals surface area (Å²) in [6.07, 6.45) is 10.9.